The van der Waals surface area contributed by atoms with Gasteiger partial charge in [0.25, 0.3) is 5.91 Å². The van der Waals surface area contributed by atoms with Crippen LogP contribution in [0.25, 0.3) is 10.4 Å². The van der Waals surface area contributed by atoms with Gasteiger partial charge in [-0.05, 0) is 29.8 Å². The van der Waals surface area contributed by atoms with Gasteiger partial charge in [-0.25, -0.2) is 4.39 Å². The van der Waals surface area contributed by atoms with E-state index in [1.54, 1.807) is 25.2 Å². The molecule has 0 N–H and O–H groups in total. The molecule has 1 aromatic carbocycles. The van der Waals surface area contributed by atoms with Gasteiger partial charge in [0.1, 0.15) is 5.82 Å². The molecule has 0 saturated heterocycles. The van der Waals surface area contributed by atoms with Crippen molar-refractivity contribution in [2.24, 2.45) is 0 Å². The molecule has 0 saturated carbocycles. The number of carbonyl (C=O) groups excluding carboxylic acids is 1. The van der Waals surface area contributed by atoms with Crippen molar-refractivity contribution < 1.29 is 9.18 Å². The number of nitriles is 1. The van der Waals surface area contributed by atoms with E-state index < -0.39 is 0 Å². The zero-order valence-corrected chi connectivity index (χ0v) is 11.8. The third-order valence-electron chi connectivity index (χ3n) is 2.85. The minimum absolute atomic E-state index is 0.0985. The summed E-state index contributed by atoms with van der Waals surface area (Å²) < 4.78 is 12.9. The second-order valence-electron chi connectivity index (χ2n) is 4.31. The number of nitrogens with zero attached hydrogens (tertiary/aromatic N) is 2. The van der Waals surface area contributed by atoms with Gasteiger partial charge in [-0.1, -0.05) is 12.1 Å². The van der Waals surface area contributed by atoms with Crippen LogP contribution in [0, 0.1) is 17.1 Å². The Balaban J connectivity index is 2.14. The van der Waals surface area contributed by atoms with E-state index in [9.17, 15) is 9.18 Å². The molecule has 1 aromatic heterocycles. The van der Waals surface area contributed by atoms with Crippen LogP contribution in [-0.2, 0) is 0 Å². The molecule has 0 fully saturated rings. The Morgan fingerprint density at radius 1 is 1.30 bits per heavy atom. The number of hydrogen-bond acceptors (Lipinski definition) is 3. The van der Waals surface area contributed by atoms with Gasteiger partial charge in [0, 0.05) is 18.5 Å². The summed E-state index contributed by atoms with van der Waals surface area (Å²) in [6.07, 6.45) is 0.318. The van der Waals surface area contributed by atoms with Crippen LogP contribution >= 0.6 is 11.3 Å². The van der Waals surface area contributed by atoms with E-state index in [-0.39, 0.29) is 11.7 Å². The highest BCUT2D eigenvalue weighted by atomic mass is 32.1. The summed E-state index contributed by atoms with van der Waals surface area (Å²) in [5.41, 5.74) is 0.884. The average molecular weight is 288 g/mol. The Morgan fingerprint density at radius 3 is 2.65 bits per heavy atom. The van der Waals surface area contributed by atoms with Crippen LogP contribution in [-0.4, -0.2) is 24.4 Å². The van der Waals surface area contributed by atoms with Gasteiger partial charge in [-0.15, -0.1) is 11.3 Å². The first-order valence-electron chi connectivity index (χ1n) is 6.10. The fourth-order valence-electron chi connectivity index (χ4n) is 1.73. The number of thiophene rings is 1. The normalized spacial score (nSPS) is 10.1. The molecule has 0 radical (unpaired) electrons. The van der Waals surface area contributed by atoms with E-state index in [4.69, 9.17) is 5.26 Å². The molecule has 102 valence electrons. The molecule has 0 unspecified atom stereocenters. The van der Waals surface area contributed by atoms with Crippen molar-refractivity contribution >= 4 is 17.2 Å². The van der Waals surface area contributed by atoms with Crippen molar-refractivity contribution in [3.63, 3.8) is 0 Å². The second kappa shape index (κ2) is 6.31. The maximum absolute atomic E-state index is 12.9. The van der Waals surface area contributed by atoms with Gasteiger partial charge in [-0.3, -0.25) is 4.79 Å². The molecule has 0 bridgehead atoms. The van der Waals surface area contributed by atoms with Gasteiger partial charge in [0.05, 0.1) is 17.4 Å². The SMILES string of the molecule is CN(CCC#N)C(=O)c1ccc(-c2ccc(F)cc2)s1. The molecule has 0 aliphatic carbocycles. The van der Waals surface area contributed by atoms with Crippen LogP contribution in [0.3, 0.4) is 0 Å². The fourth-order valence-corrected chi connectivity index (χ4v) is 2.74. The lowest BCUT2D eigenvalue weighted by Gasteiger charge is -2.13. The summed E-state index contributed by atoms with van der Waals surface area (Å²) in [5, 5.41) is 8.53. The van der Waals surface area contributed by atoms with Crippen molar-refractivity contribution in [2.45, 2.75) is 6.42 Å². The highest BCUT2D eigenvalue weighted by Gasteiger charge is 2.14. The van der Waals surface area contributed by atoms with Crippen molar-refractivity contribution in [2.75, 3.05) is 13.6 Å². The van der Waals surface area contributed by atoms with Crippen molar-refractivity contribution in [3.8, 4) is 16.5 Å². The maximum atomic E-state index is 12.9. The van der Waals surface area contributed by atoms with Crippen LogP contribution in [0.15, 0.2) is 36.4 Å². The Morgan fingerprint density at radius 2 is 2.00 bits per heavy atom. The first kappa shape index (κ1) is 14.2. The third kappa shape index (κ3) is 3.22. The van der Waals surface area contributed by atoms with E-state index >= 15 is 0 Å². The van der Waals surface area contributed by atoms with Crippen LogP contribution in [0.4, 0.5) is 4.39 Å². The van der Waals surface area contributed by atoms with Gasteiger partial charge in [-0.2, -0.15) is 5.26 Å². The number of benzene rings is 1. The Labute approximate surface area is 120 Å². The molecule has 0 atom stereocenters. The standard InChI is InChI=1S/C15H13FN2OS/c1-18(10-2-9-17)15(19)14-8-7-13(20-14)11-3-5-12(16)6-4-11/h3-8H,2,10H2,1H3. The molecule has 2 aromatic rings. The largest absolute Gasteiger partial charge is 0.340 e. The number of hydrogen-bond donors (Lipinski definition) is 0. The van der Waals surface area contributed by atoms with E-state index in [2.05, 4.69) is 0 Å². The van der Waals surface area contributed by atoms with E-state index in [1.165, 1.54) is 28.4 Å². The fraction of sp³-hybridized carbons (Fsp3) is 0.200. The van der Waals surface area contributed by atoms with Crippen molar-refractivity contribution in [1.82, 2.24) is 4.90 Å². The van der Waals surface area contributed by atoms with Crippen molar-refractivity contribution in [3.05, 3.63) is 47.1 Å². The van der Waals surface area contributed by atoms with Crippen LogP contribution in [0.1, 0.15) is 16.1 Å². The number of halogens is 1. The quantitative estimate of drug-likeness (QED) is 0.863. The summed E-state index contributed by atoms with van der Waals surface area (Å²) in [6.45, 7) is 0.416. The topological polar surface area (TPSA) is 44.1 Å². The first-order chi connectivity index (χ1) is 9.61. The van der Waals surface area contributed by atoms with Gasteiger partial charge in [0.15, 0.2) is 0 Å². The monoisotopic (exact) mass is 288 g/mol. The zero-order chi connectivity index (χ0) is 14.5. The minimum Gasteiger partial charge on any atom is -0.340 e. The molecular formula is C15H13FN2OS. The summed E-state index contributed by atoms with van der Waals surface area (Å²) >= 11 is 1.37. The van der Waals surface area contributed by atoms with Gasteiger partial charge in [0.2, 0.25) is 0 Å². The van der Waals surface area contributed by atoms with E-state index in [0.29, 0.717) is 17.8 Å². The molecule has 3 nitrogen and oxygen atoms in total. The number of rotatable bonds is 4. The highest BCUT2D eigenvalue weighted by molar-refractivity contribution is 7.17. The Bertz CT molecular complexity index is 643. The summed E-state index contributed by atoms with van der Waals surface area (Å²) in [5.74, 6) is -0.378. The molecule has 20 heavy (non-hydrogen) atoms. The molecule has 2 rings (SSSR count). The van der Waals surface area contributed by atoms with Gasteiger partial charge >= 0.3 is 0 Å². The van der Waals surface area contributed by atoms with E-state index in [0.717, 1.165) is 10.4 Å². The lowest BCUT2D eigenvalue weighted by Crippen LogP contribution is -2.26. The molecule has 1 amide bonds. The molecule has 0 aliphatic heterocycles. The third-order valence-corrected chi connectivity index (χ3v) is 3.97. The van der Waals surface area contributed by atoms with E-state index in [1.807, 2.05) is 12.1 Å². The number of carbonyl (C=O) groups is 1. The van der Waals surface area contributed by atoms with Crippen LogP contribution < -0.4 is 0 Å². The smallest absolute Gasteiger partial charge is 0.263 e. The molecule has 0 aliphatic rings. The first-order valence-corrected chi connectivity index (χ1v) is 6.91. The zero-order valence-electron chi connectivity index (χ0n) is 11.0. The lowest BCUT2D eigenvalue weighted by molar-refractivity contribution is 0.0803. The average Bonchev–Trinajstić information content (AvgIpc) is 2.94. The van der Waals surface area contributed by atoms with Crippen LogP contribution in [0.5, 0.6) is 0 Å². The summed E-state index contributed by atoms with van der Waals surface area (Å²) in [6, 6.07) is 11.8. The molecule has 5 heteroatoms. The predicted molar refractivity (Wildman–Crippen MR) is 76.9 cm³/mol. The van der Waals surface area contributed by atoms with Gasteiger partial charge < -0.3 is 4.90 Å². The molecule has 0 spiro atoms. The predicted octanol–water partition coefficient (Wildman–Crippen LogP) is 3.54. The maximum Gasteiger partial charge on any atom is 0.263 e. The lowest BCUT2D eigenvalue weighted by atomic mass is 10.2. The Kier molecular flexibility index (Phi) is 4.49. The molecular weight excluding hydrogens is 275 g/mol. The Hall–Kier alpha value is -2.19. The summed E-state index contributed by atoms with van der Waals surface area (Å²) in [4.78, 5) is 15.2. The second-order valence-corrected chi connectivity index (χ2v) is 5.39. The van der Waals surface area contributed by atoms with Crippen molar-refractivity contribution in [1.29, 1.82) is 5.26 Å². The number of amides is 1. The highest BCUT2D eigenvalue weighted by Crippen LogP contribution is 2.28. The molecule has 1 heterocycles. The minimum atomic E-state index is -0.280. The summed E-state index contributed by atoms with van der Waals surface area (Å²) in [7, 11) is 1.68. The van der Waals surface area contributed by atoms with Crippen LogP contribution in [0.2, 0.25) is 0 Å².